The first-order valence-electron chi connectivity index (χ1n) is 6.05. The monoisotopic (exact) mass is 207 g/mol. The van der Waals surface area contributed by atoms with Crippen LogP contribution in [-0.4, -0.2) is 9.78 Å². The predicted molar refractivity (Wildman–Crippen MR) is 61.7 cm³/mol. The molecule has 1 aliphatic carbocycles. The molecule has 1 fully saturated rings. The zero-order chi connectivity index (χ0) is 10.8. The molecule has 84 valence electrons. The summed E-state index contributed by atoms with van der Waals surface area (Å²) in [5.41, 5.74) is 8.42. The minimum atomic E-state index is 0.0953. The van der Waals surface area contributed by atoms with Crippen molar-refractivity contribution in [2.45, 2.75) is 58.0 Å². The average molecular weight is 207 g/mol. The summed E-state index contributed by atoms with van der Waals surface area (Å²) in [6.07, 6.45) is 5.09. The second-order valence-electron chi connectivity index (χ2n) is 4.63. The molecule has 0 aliphatic heterocycles. The van der Waals surface area contributed by atoms with Gasteiger partial charge in [-0.15, -0.1) is 0 Å². The van der Waals surface area contributed by atoms with Gasteiger partial charge in [0.2, 0.25) is 0 Å². The Morgan fingerprint density at radius 2 is 2.33 bits per heavy atom. The Balaban J connectivity index is 2.22. The van der Waals surface area contributed by atoms with Gasteiger partial charge in [0.25, 0.3) is 0 Å². The third kappa shape index (κ3) is 2.07. The number of nitrogens with two attached hydrogens (primary N) is 1. The molecule has 0 spiro atoms. The van der Waals surface area contributed by atoms with Crippen LogP contribution in [0.2, 0.25) is 0 Å². The molecule has 1 aromatic heterocycles. The second kappa shape index (κ2) is 4.35. The van der Waals surface area contributed by atoms with Gasteiger partial charge in [0.05, 0.1) is 11.4 Å². The normalized spacial score (nSPS) is 18.9. The van der Waals surface area contributed by atoms with E-state index >= 15 is 0 Å². The van der Waals surface area contributed by atoms with E-state index in [-0.39, 0.29) is 6.04 Å². The van der Waals surface area contributed by atoms with Gasteiger partial charge in [-0.2, -0.15) is 5.10 Å². The first kappa shape index (κ1) is 10.7. The molecule has 1 aromatic rings. The fraction of sp³-hybridized carbons (Fsp3) is 0.750. The van der Waals surface area contributed by atoms with Crippen LogP contribution in [0.4, 0.5) is 0 Å². The lowest BCUT2D eigenvalue weighted by Crippen LogP contribution is -2.13. The first-order chi connectivity index (χ1) is 7.22. The molecule has 1 atom stereocenters. The highest BCUT2D eigenvalue weighted by Gasteiger charge is 2.23. The van der Waals surface area contributed by atoms with E-state index in [2.05, 4.69) is 22.8 Å². The van der Waals surface area contributed by atoms with E-state index in [9.17, 15) is 0 Å². The molecule has 0 aromatic carbocycles. The second-order valence-corrected chi connectivity index (χ2v) is 4.63. The van der Waals surface area contributed by atoms with E-state index in [1.807, 2.05) is 6.92 Å². The van der Waals surface area contributed by atoms with Crippen molar-refractivity contribution in [1.29, 1.82) is 0 Å². The molecule has 0 saturated heterocycles. The van der Waals surface area contributed by atoms with Crippen LogP contribution in [0.5, 0.6) is 0 Å². The molecule has 2 rings (SSSR count). The Morgan fingerprint density at radius 3 is 2.80 bits per heavy atom. The van der Waals surface area contributed by atoms with Crippen molar-refractivity contribution in [3.05, 3.63) is 17.5 Å². The van der Waals surface area contributed by atoms with Crippen molar-refractivity contribution in [3.63, 3.8) is 0 Å². The van der Waals surface area contributed by atoms with Gasteiger partial charge in [-0.05, 0) is 32.3 Å². The van der Waals surface area contributed by atoms with Gasteiger partial charge in [0.15, 0.2) is 0 Å². The average Bonchev–Trinajstić information content (AvgIpc) is 2.46. The van der Waals surface area contributed by atoms with Crippen molar-refractivity contribution >= 4 is 0 Å². The summed E-state index contributed by atoms with van der Waals surface area (Å²) in [7, 11) is 0. The number of aromatic nitrogens is 2. The minimum Gasteiger partial charge on any atom is -0.323 e. The lowest BCUT2D eigenvalue weighted by Gasteiger charge is -2.22. The van der Waals surface area contributed by atoms with Crippen LogP contribution < -0.4 is 5.73 Å². The Bertz CT molecular complexity index is 324. The Morgan fingerprint density at radius 1 is 1.60 bits per heavy atom. The number of hydrogen-bond acceptors (Lipinski definition) is 2. The summed E-state index contributed by atoms with van der Waals surface area (Å²) >= 11 is 0. The van der Waals surface area contributed by atoms with Crippen molar-refractivity contribution in [3.8, 4) is 0 Å². The van der Waals surface area contributed by atoms with Crippen molar-refractivity contribution in [1.82, 2.24) is 9.78 Å². The van der Waals surface area contributed by atoms with E-state index in [1.165, 1.54) is 30.7 Å². The van der Waals surface area contributed by atoms with Crippen molar-refractivity contribution in [2.24, 2.45) is 5.73 Å². The number of nitrogens with zero attached hydrogens (tertiary/aromatic N) is 2. The van der Waals surface area contributed by atoms with Crippen LogP contribution in [-0.2, 0) is 6.54 Å². The third-order valence-electron chi connectivity index (χ3n) is 3.26. The molecule has 3 nitrogen and oxygen atoms in total. The van der Waals surface area contributed by atoms with Crippen LogP contribution in [0.3, 0.4) is 0 Å². The van der Waals surface area contributed by atoms with Crippen molar-refractivity contribution in [2.75, 3.05) is 0 Å². The van der Waals surface area contributed by atoms with Gasteiger partial charge in [-0.1, -0.05) is 13.3 Å². The van der Waals surface area contributed by atoms with Gasteiger partial charge in [-0.3, -0.25) is 4.68 Å². The number of aryl methyl sites for hydroxylation is 1. The first-order valence-corrected chi connectivity index (χ1v) is 6.05. The molecular formula is C12H21N3. The fourth-order valence-electron chi connectivity index (χ4n) is 2.11. The van der Waals surface area contributed by atoms with E-state index in [1.54, 1.807) is 0 Å². The standard InChI is InChI=1S/C12H21N3/c1-3-7-15-12(9(2)13)8-11(14-15)10-5-4-6-10/h8-10H,3-7,13H2,1-2H3/t9-/m1/s1. The lowest BCUT2D eigenvalue weighted by atomic mass is 9.83. The summed E-state index contributed by atoms with van der Waals surface area (Å²) in [6.45, 7) is 5.20. The Labute approximate surface area is 91.7 Å². The van der Waals surface area contributed by atoms with E-state index in [0.717, 1.165) is 13.0 Å². The molecule has 0 bridgehead atoms. The summed E-state index contributed by atoms with van der Waals surface area (Å²) in [6, 6.07) is 2.31. The van der Waals surface area contributed by atoms with Crippen LogP contribution in [0, 0.1) is 0 Å². The largest absolute Gasteiger partial charge is 0.323 e. The van der Waals surface area contributed by atoms with Crippen LogP contribution in [0.1, 0.15) is 62.9 Å². The molecular weight excluding hydrogens is 186 g/mol. The van der Waals surface area contributed by atoms with Crippen LogP contribution in [0.15, 0.2) is 6.07 Å². The highest BCUT2D eigenvalue weighted by Crippen LogP contribution is 2.36. The smallest absolute Gasteiger partial charge is 0.0659 e. The third-order valence-corrected chi connectivity index (χ3v) is 3.26. The summed E-state index contributed by atoms with van der Waals surface area (Å²) < 4.78 is 2.10. The molecule has 15 heavy (non-hydrogen) atoms. The van der Waals surface area contributed by atoms with Gasteiger partial charge in [-0.25, -0.2) is 0 Å². The van der Waals surface area contributed by atoms with Crippen molar-refractivity contribution < 1.29 is 0 Å². The molecule has 1 heterocycles. The van der Waals surface area contributed by atoms with E-state index < -0.39 is 0 Å². The summed E-state index contributed by atoms with van der Waals surface area (Å²) in [5.74, 6) is 0.709. The maximum atomic E-state index is 5.96. The molecule has 0 unspecified atom stereocenters. The maximum Gasteiger partial charge on any atom is 0.0659 e. The van der Waals surface area contributed by atoms with Gasteiger partial charge in [0, 0.05) is 18.5 Å². The van der Waals surface area contributed by atoms with Gasteiger partial charge in [0.1, 0.15) is 0 Å². The predicted octanol–water partition coefficient (Wildman–Crippen LogP) is 2.58. The molecule has 1 saturated carbocycles. The maximum absolute atomic E-state index is 5.96. The molecule has 3 heteroatoms. The molecule has 0 amide bonds. The molecule has 0 radical (unpaired) electrons. The van der Waals surface area contributed by atoms with Gasteiger partial charge < -0.3 is 5.73 Å². The molecule has 1 aliphatic rings. The Kier molecular flexibility index (Phi) is 3.10. The quantitative estimate of drug-likeness (QED) is 0.824. The molecule has 2 N–H and O–H groups in total. The van der Waals surface area contributed by atoms with E-state index in [4.69, 9.17) is 5.73 Å². The lowest BCUT2D eigenvalue weighted by molar-refractivity contribution is 0.404. The summed E-state index contributed by atoms with van der Waals surface area (Å²) in [5, 5.41) is 4.68. The SMILES string of the molecule is CCCn1nc(C2CCC2)cc1[C@@H](C)N. The van der Waals surface area contributed by atoms with Crippen LogP contribution >= 0.6 is 0 Å². The Hall–Kier alpha value is -0.830. The summed E-state index contributed by atoms with van der Waals surface area (Å²) in [4.78, 5) is 0. The number of hydrogen-bond donors (Lipinski definition) is 1. The van der Waals surface area contributed by atoms with Crippen LogP contribution in [0.25, 0.3) is 0 Å². The van der Waals surface area contributed by atoms with Gasteiger partial charge >= 0.3 is 0 Å². The minimum absolute atomic E-state index is 0.0953. The zero-order valence-electron chi connectivity index (χ0n) is 9.74. The zero-order valence-corrected chi connectivity index (χ0v) is 9.74. The number of rotatable bonds is 4. The highest BCUT2D eigenvalue weighted by atomic mass is 15.3. The fourth-order valence-corrected chi connectivity index (χ4v) is 2.11. The highest BCUT2D eigenvalue weighted by molar-refractivity contribution is 5.18. The topological polar surface area (TPSA) is 43.8 Å². The van der Waals surface area contributed by atoms with E-state index in [0.29, 0.717) is 5.92 Å².